The van der Waals surface area contributed by atoms with Crippen LogP contribution in [0.4, 0.5) is 5.69 Å². The molecule has 0 aliphatic heterocycles. The van der Waals surface area contributed by atoms with E-state index in [0.717, 1.165) is 5.75 Å². The third-order valence-electron chi connectivity index (χ3n) is 1.56. The Labute approximate surface area is 87.4 Å². The average Bonchev–Trinajstić information content (AvgIpc) is 2.29. The molecule has 1 aromatic rings. The second kappa shape index (κ2) is 5.50. The second-order valence-electron chi connectivity index (χ2n) is 2.50. The molecule has 0 bridgehead atoms. The van der Waals surface area contributed by atoms with Gasteiger partial charge in [-0.2, -0.15) is 0 Å². The summed E-state index contributed by atoms with van der Waals surface area (Å²) in [6.45, 7) is 0. The molecule has 0 N–H and O–H groups in total. The lowest BCUT2D eigenvalue weighted by atomic mass is 10.3. The molecule has 0 spiro atoms. The van der Waals surface area contributed by atoms with E-state index in [4.69, 9.17) is 4.74 Å². The molecule has 0 saturated carbocycles. The van der Waals surface area contributed by atoms with Crippen LogP contribution in [0.2, 0.25) is 0 Å². The van der Waals surface area contributed by atoms with Crippen molar-refractivity contribution in [2.45, 2.75) is 0 Å². The molecular weight excluding hydrogens is 196 g/mol. The Hall–Kier alpha value is -2.22. The van der Waals surface area contributed by atoms with E-state index in [-0.39, 0.29) is 0 Å². The number of carbonyl (C=O) groups excluding carboxylic acids is 1. The van der Waals surface area contributed by atoms with Gasteiger partial charge in [0.15, 0.2) is 0 Å². The van der Waals surface area contributed by atoms with Gasteiger partial charge in [0.1, 0.15) is 5.75 Å². The summed E-state index contributed by atoms with van der Waals surface area (Å²) >= 11 is 0. The number of benzene rings is 1. The van der Waals surface area contributed by atoms with Crippen molar-refractivity contribution in [3.63, 3.8) is 0 Å². The van der Waals surface area contributed by atoms with Gasteiger partial charge in [0.05, 0.1) is 14.2 Å². The van der Waals surface area contributed by atoms with Crippen molar-refractivity contribution in [2.24, 2.45) is 0 Å². The number of methoxy groups -OCH3 is 2. The van der Waals surface area contributed by atoms with Gasteiger partial charge in [-0.25, -0.2) is 4.79 Å². The van der Waals surface area contributed by atoms with Crippen molar-refractivity contribution in [3.8, 4) is 11.8 Å². The summed E-state index contributed by atoms with van der Waals surface area (Å²) < 4.78 is 9.27. The number of hydrogen-bond donors (Lipinski definition) is 0. The van der Waals surface area contributed by atoms with Gasteiger partial charge in [-0.15, -0.1) is 0 Å². The first-order valence-electron chi connectivity index (χ1n) is 4.15. The Morgan fingerprint density at radius 2 is 2.00 bits per heavy atom. The van der Waals surface area contributed by atoms with Crippen molar-refractivity contribution in [1.82, 2.24) is 0 Å². The zero-order valence-electron chi connectivity index (χ0n) is 8.43. The largest absolute Gasteiger partial charge is 0.497 e. The van der Waals surface area contributed by atoms with Crippen LogP contribution in [-0.2, 0) is 9.53 Å². The van der Waals surface area contributed by atoms with E-state index in [1.54, 1.807) is 31.4 Å². The summed E-state index contributed by atoms with van der Waals surface area (Å²) in [6.07, 6.45) is 0. The van der Waals surface area contributed by atoms with Gasteiger partial charge in [-0.1, -0.05) is 22.8 Å². The highest BCUT2D eigenvalue weighted by atomic mass is 16.5. The van der Waals surface area contributed by atoms with E-state index >= 15 is 0 Å². The molecule has 78 valence electrons. The quantitative estimate of drug-likeness (QED) is 0.423. The molecule has 0 aliphatic carbocycles. The van der Waals surface area contributed by atoms with Crippen LogP contribution in [0, 0.1) is 6.07 Å². The minimum absolute atomic E-state index is 0.604. The van der Waals surface area contributed by atoms with E-state index in [9.17, 15) is 4.79 Å². The van der Waals surface area contributed by atoms with Crippen LogP contribution < -0.4 is 4.74 Å². The fourth-order valence-corrected chi connectivity index (χ4v) is 0.818. The molecule has 0 heterocycles. The summed E-state index contributed by atoms with van der Waals surface area (Å²) in [5, 5.41) is 0. The van der Waals surface area contributed by atoms with Crippen molar-refractivity contribution in [2.75, 3.05) is 14.2 Å². The fraction of sp³-hybridized carbons (Fsp3) is 0.200. The molecule has 1 rings (SSSR count). The maximum Gasteiger partial charge on any atom is 0.459 e. The molecule has 0 radical (unpaired) electrons. The Morgan fingerprint density at radius 1 is 1.33 bits per heavy atom. The molecule has 1 aromatic carbocycles. The highest BCUT2D eigenvalue weighted by Gasteiger charge is 1.98. The topological polar surface area (TPSA) is 54.0 Å². The summed E-state index contributed by atoms with van der Waals surface area (Å²) in [5.41, 5.74) is 4.33. The van der Waals surface area contributed by atoms with Gasteiger partial charge >= 0.3 is 12.0 Å². The van der Waals surface area contributed by atoms with Crippen LogP contribution in [0.25, 0.3) is 10.4 Å². The average molecular weight is 206 g/mol. The number of nitrogens with zero attached hydrogens (tertiary/aromatic N) is 2. The van der Waals surface area contributed by atoms with Gasteiger partial charge in [-0.3, -0.25) is 5.43 Å². The first-order valence-corrected chi connectivity index (χ1v) is 4.15. The van der Waals surface area contributed by atoms with Crippen molar-refractivity contribution < 1.29 is 14.3 Å². The first kappa shape index (κ1) is 10.9. The molecular formula is C10H10N2O3. The maximum atomic E-state index is 10.6. The molecule has 0 aromatic heterocycles. The standard InChI is InChI=1S/C10H10N2O3/c1-14-9-5-3-8(4-6-9)12-11-7-10(13)15-2/h3-6H,1-2H3. The smallest absolute Gasteiger partial charge is 0.459 e. The highest BCUT2D eigenvalue weighted by molar-refractivity contribution is 5.87. The van der Waals surface area contributed by atoms with Gasteiger partial charge < -0.3 is 9.47 Å². The van der Waals surface area contributed by atoms with Gasteiger partial charge in [0.2, 0.25) is 0 Å². The predicted molar refractivity (Wildman–Crippen MR) is 55.3 cm³/mol. The Balaban J connectivity index is 2.57. The third kappa shape index (κ3) is 3.56. The van der Waals surface area contributed by atoms with Crippen LogP contribution in [0.5, 0.6) is 5.75 Å². The molecule has 0 atom stereocenters. The van der Waals surface area contributed by atoms with Crippen LogP contribution in [0.15, 0.2) is 24.3 Å². The predicted octanol–water partition coefficient (Wildman–Crippen LogP) is 2.12. The molecule has 15 heavy (non-hydrogen) atoms. The van der Waals surface area contributed by atoms with Crippen LogP contribution in [0.3, 0.4) is 0 Å². The molecule has 0 aliphatic rings. The molecule has 0 unspecified atom stereocenters. The molecule has 0 saturated heterocycles. The normalized spacial score (nSPS) is 8.40. The first-order chi connectivity index (χ1) is 7.26. The Morgan fingerprint density at radius 3 is 2.53 bits per heavy atom. The number of esters is 1. The van der Waals surface area contributed by atoms with Crippen molar-refractivity contribution in [3.05, 3.63) is 34.6 Å². The van der Waals surface area contributed by atoms with E-state index in [0.29, 0.717) is 5.69 Å². The van der Waals surface area contributed by atoms with Crippen LogP contribution in [0.1, 0.15) is 0 Å². The Bertz CT molecular complexity index is 389. The summed E-state index contributed by atoms with van der Waals surface area (Å²) in [4.78, 5) is 14.0. The maximum absolute atomic E-state index is 10.6. The van der Waals surface area contributed by atoms with E-state index in [1.165, 1.54) is 7.11 Å². The van der Waals surface area contributed by atoms with E-state index < -0.39 is 5.97 Å². The number of rotatable bonds is 2. The summed E-state index contributed by atoms with van der Waals surface area (Å²) in [6, 6.07) is 8.98. The monoisotopic (exact) mass is 206 g/mol. The SMILES string of the molecule is COC(=O)C#[N+][N-]c1ccc(OC)cc1. The van der Waals surface area contributed by atoms with Gasteiger partial charge in [0, 0.05) is 0 Å². The lowest BCUT2D eigenvalue weighted by Gasteiger charge is -2.02. The number of hydrogen-bond acceptors (Lipinski definition) is 3. The number of carbonyl (C=O) groups is 1. The van der Waals surface area contributed by atoms with Gasteiger partial charge in [-0.05, 0) is 12.1 Å². The van der Waals surface area contributed by atoms with Crippen LogP contribution in [-0.4, -0.2) is 20.2 Å². The zero-order valence-corrected chi connectivity index (χ0v) is 8.43. The minimum Gasteiger partial charge on any atom is -0.497 e. The highest BCUT2D eigenvalue weighted by Crippen LogP contribution is 2.21. The van der Waals surface area contributed by atoms with E-state index in [2.05, 4.69) is 21.2 Å². The van der Waals surface area contributed by atoms with Crippen molar-refractivity contribution in [1.29, 1.82) is 0 Å². The fourth-order valence-electron chi connectivity index (χ4n) is 0.818. The molecule has 5 heteroatoms. The summed E-state index contributed by atoms with van der Waals surface area (Å²) in [5.74, 6) is 0.0714. The lowest BCUT2D eigenvalue weighted by Crippen LogP contribution is -1.93. The van der Waals surface area contributed by atoms with Crippen LogP contribution >= 0.6 is 0 Å². The Kier molecular flexibility index (Phi) is 3.98. The number of ether oxygens (including phenoxy) is 2. The zero-order chi connectivity index (χ0) is 11.1. The molecule has 0 fully saturated rings. The third-order valence-corrected chi connectivity index (χ3v) is 1.56. The summed E-state index contributed by atoms with van der Waals surface area (Å²) in [7, 11) is 2.83. The lowest BCUT2D eigenvalue weighted by molar-refractivity contribution is -0.133. The molecule has 0 amide bonds. The van der Waals surface area contributed by atoms with Gasteiger partial charge in [0.25, 0.3) is 0 Å². The van der Waals surface area contributed by atoms with E-state index in [1.807, 2.05) is 0 Å². The second-order valence-corrected chi connectivity index (χ2v) is 2.50. The van der Waals surface area contributed by atoms with Crippen molar-refractivity contribution >= 4 is 11.7 Å². The molecule has 5 nitrogen and oxygen atoms in total. The minimum atomic E-state index is -0.660.